The number of allylic oxidation sites excluding steroid dienone is 2. The minimum Gasteiger partial charge on any atom is -0.274 e. The zero-order valence-corrected chi connectivity index (χ0v) is 13.3. The van der Waals surface area contributed by atoms with Gasteiger partial charge in [0.2, 0.25) is 11.8 Å². The summed E-state index contributed by atoms with van der Waals surface area (Å²) >= 11 is 0. The van der Waals surface area contributed by atoms with Crippen molar-refractivity contribution in [2.24, 2.45) is 11.8 Å². The molecular weight excluding hydrogens is 296 g/mol. The Morgan fingerprint density at radius 2 is 1.57 bits per heavy atom. The smallest absolute Gasteiger partial charge is 0.274 e. The van der Waals surface area contributed by atoms with E-state index in [1.54, 1.807) is 19.1 Å². The van der Waals surface area contributed by atoms with Crippen molar-refractivity contribution in [2.75, 3.05) is 4.90 Å². The largest absolute Gasteiger partial charge is 0.274 e. The SMILES string of the molecule is CC1=C(C)C[C@H]2C(=O)N(c3ccc(C)c([N+](=O)[O-])c3)C(=O)[C@H]2C1. The highest BCUT2D eigenvalue weighted by molar-refractivity contribution is 6.22. The van der Waals surface area contributed by atoms with Crippen LogP contribution in [0.2, 0.25) is 0 Å². The summed E-state index contributed by atoms with van der Waals surface area (Å²) in [4.78, 5) is 37.1. The molecule has 1 saturated heterocycles. The first-order valence-electron chi connectivity index (χ1n) is 7.59. The summed E-state index contributed by atoms with van der Waals surface area (Å²) in [5, 5.41) is 11.1. The average Bonchev–Trinajstić information content (AvgIpc) is 2.72. The molecule has 1 aliphatic heterocycles. The van der Waals surface area contributed by atoms with Crippen LogP contribution in [0.5, 0.6) is 0 Å². The minimum absolute atomic E-state index is 0.0801. The molecule has 0 unspecified atom stereocenters. The Morgan fingerprint density at radius 3 is 2.04 bits per heavy atom. The highest BCUT2D eigenvalue weighted by Crippen LogP contribution is 2.42. The van der Waals surface area contributed by atoms with Crippen LogP contribution in [0, 0.1) is 28.9 Å². The normalized spacial score (nSPS) is 24.2. The molecule has 6 heteroatoms. The number of rotatable bonds is 2. The van der Waals surface area contributed by atoms with Gasteiger partial charge in [0, 0.05) is 11.6 Å². The maximum Gasteiger partial charge on any atom is 0.274 e. The first-order chi connectivity index (χ1) is 10.8. The van der Waals surface area contributed by atoms with Gasteiger partial charge in [0.05, 0.1) is 22.4 Å². The highest BCUT2D eigenvalue weighted by atomic mass is 16.6. The molecule has 120 valence electrons. The Hall–Kier alpha value is -2.50. The lowest BCUT2D eigenvalue weighted by molar-refractivity contribution is -0.385. The highest BCUT2D eigenvalue weighted by Gasteiger charge is 2.49. The van der Waals surface area contributed by atoms with Crippen molar-refractivity contribution in [3.63, 3.8) is 0 Å². The lowest BCUT2D eigenvalue weighted by Gasteiger charge is -2.23. The van der Waals surface area contributed by atoms with E-state index in [9.17, 15) is 19.7 Å². The van der Waals surface area contributed by atoms with E-state index in [0.29, 0.717) is 24.1 Å². The Kier molecular flexibility index (Phi) is 3.55. The summed E-state index contributed by atoms with van der Waals surface area (Å²) in [7, 11) is 0. The fraction of sp³-hybridized carbons (Fsp3) is 0.412. The summed E-state index contributed by atoms with van der Waals surface area (Å²) in [6.07, 6.45) is 1.18. The van der Waals surface area contributed by atoms with Gasteiger partial charge in [0.25, 0.3) is 5.69 Å². The number of carbonyl (C=O) groups is 2. The number of nitrogens with zero attached hydrogens (tertiary/aromatic N) is 2. The molecule has 3 rings (SSSR count). The van der Waals surface area contributed by atoms with Gasteiger partial charge in [0.1, 0.15) is 0 Å². The van der Waals surface area contributed by atoms with Gasteiger partial charge >= 0.3 is 0 Å². The molecule has 1 aliphatic carbocycles. The molecular formula is C17H18N2O4. The van der Waals surface area contributed by atoms with Gasteiger partial charge in [-0.25, -0.2) is 4.90 Å². The van der Waals surface area contributed by atoms with E-state index in [0.717, 1.165) is 16.0 Å². The van der Waals surface area contributed by atoms with Crippen molar-refractivity contribution < 1.29 is 14.5 Å². The number of imide groups is 1. The molecule has 2 aliphatic rings. The maximum absolute atomic E-state index is 12.7. The van der Waals surface area contributed by atoms with Crippen LogP contribution in [0.15, 0.2) is 29.3 Å². The molecule has 1 heterocycles. The van der Waals surface area contributed by atoms with Crippen molar-refractivity contribution in [3.05, 3.63) is 45.0 Å². The zero-order valence-electron chi connectivity index (χ0n) is 13.3. The molecule has 1 aromatic rings. The first-order valence-corrected chi connectivity index (χ1v) is 7.59. The third kappa shape index (κ3) is 2.34. The Labute approximate surface area is 133 Å². The number of carbonyl (C=O) groups excluding carboxylic acids is 2. The fourth-order valence-corrected chi connectivity index (χ4v) is 3.44. The fourth-order valence-electron chi connectivity index (χ4n) is 3.44. The minimum atomic E-state index is -0.493. The maximum atomic E-state index is 12.7. The van der Waals surface area contributed by atoms with Crippen LogP contribution in [-0.2, 0) is 9.59 Å². The van der Waals surface area contributed by atoms with E-state index < -0.39 is 4.92 Å². The molecule has 0 N–H and O–H groups in total. The Morgan fingerprint density at radius 1 is 1.04 bits per heavy atom. The van der Waals surface area contributed by atoms with Crippen molar-refractivity contribution in [1.82, 2.24) is 0 Å². The first kappa shape index (κ1) is 15.4. The van der Waals surface area contributed by atoms with Gasteiger partial charge in [-0.05, 0) is 39.7 Å². The molecule has 6 nitrogen and oxygen atoms in total. The Bertz CT molecular complexity index is 734. The number of anilines is 1. The standard InChI is InChI=1S/C17H18N2O4/c1-9-4-5-12(8-15(9)19(22)23)18-16(20)13-6-10(2)11(3)7-14(13)17(18)21/h4-5,8,13-14H,6-7H2,1-3H3/t13-,14+. The summed E-state index contributed by atoms with van der Waals surface area (Å²) in [5.74, 6) is -1.17. The molecule has 0 aromatic heterocycles. The second kappa shape index (κ2) is 5.30. The zero-order chi connectivity index (χ0) is 16.9. The van der Waals surface area contributed by atoms with E-state index in [4.69, 9.17) is 0 Å². The topological polar surface area (TPSA) is 80.5 Å². The molecule has 0 saturated carbocycles. The average molecular weight is 314 g/mol. The van der Waals surface area contributed by atoms with Gasteiger partial charge < -0.3 is 0 Å². The quantitative estimate of drug-likeness (QED) is 0.363. The molecule has 0 bridgehead atoms. The van der Waals surface area contributed by atoms with Crippen LogP contribution >= 0.6 is 0 Å². The van der Waals surface area contributed by atoms with Crippen molar-refractivity contribution in [1.29, 1.82) is 0 Å². The number of hydrogen-bond donors (Lipinski definition) is 0. The molecule has 1 aromatic carbocycles. The second-order valence-electron chi connectivity index (χ2n) is 6.42. The number of nitro benzene ring substituents is 1. The van der Waals surface area contributed by atoms with E-state index in [2.05, 4.69) is 0 Å². The molecule has 0 spiro atoms. The third-order valence-electron chi connectivity index (χ3n) is 4.99. The van der Waals surface area contributed by atoms with Crippen LogP contribution in [0.25, 0.3) is 0 Å². The van der Waals surface area contributed by atoms with Crippen molar-refractivity contribution in [3.8, 4) is 0 Å². The van der Waals surface area contributed by atoms with E-state index in [1.165, 1.54) is 6.07 Å². The predicted octanol–water partition coefficient (Wildman–Crippen LogP) is 3.14. The summed E-state index contributed by atoms with van der Waals surface area (Å²) < 4.78 is 0. The van der Waals surface area contributed by atoms with E-state index in [1.807, 2.05) is 13.8 Å². The van der Waals surface area contributed by atoms with Crippen molar-refractivity contribution >= 4 is 23.2 Å². The number of nitro groups is 1. The molecule has 1 fully saturated rings. The molecule has 2 atom stereocenters. The van der Waals surface area contributed by atoms with Gasteiger partial charge in [0.15, 0.2) is 0 Å². The number of hydrogen-bond acceptors (Lipinski definition) is 4. The lowest BCUT2D eigenvalue weighted by atomic mass is 9.78. The third-order valence-corrected chi connectivity index (χ3v) is 4.99. The number of aryl methyl sites for hydroxylation is 1. The molecule has 2 amide bonds. The number of amides is 2. The van der Waals surface area contributed by atoms with Crippen LogP contribution in [0.1, 0.15) is 32.3 Å². The van der Waals surface area contributed by atoms with Gasteiger partial charge in [-0.15, -0.1) is 0 Å². The van der Waals surface area contributed by atoms with Gasteiger partial charge in [-0.3, -0.25) is 19.7 Å². The van der Waals surface area contributed by atoms with Crippen molar-refractivity contribution in [2.45, 2.75) is 33.6 Å². The lowest BCUT2D eigenvalue weighted by Crippen LogP contribution is -2.30. The van der Waals surface area contributed by atoms with Crippen LogP contribution < -0.4 is 4.90 Å². The number of benzene rings is 1. The number of fused-ring (bicyclic) bond motifs is 1. The summed E-state index contributed by atoms with van der Waals surface area (Å²) in [5.41, 5.74) is 3.03. The van der Waals surface area contributed by atoms with Gasteiger partial charge in [-0.1, -0.05) is 17.2 Å². The van der Waals surface area contributed by atoms with Crippen LogP contribution in [-0.4, -0.2) is 16.7 Å². The van der Waals surface area contributed by atoms with Crippen LogP contribution in [0.4, 0.5) is 11.4 Å². The summed E-state index contributed by atoms with van der Waals surface area (Å²) in [6, 6.07) is 4.49. The molecule has 23 heavy (non-hydrogen) atoms. The second-order valence-corrected chi connectivity index (χ2v) is 6.42. The summed E-state index contributed by atoms with van der Waals surface area (Å²) in [6.45, 7) is 5.61. The molecule has 0 radical (unpaired) electrons. The Balaban J connectivity index is 2.00. The monoisotopic (exact) mass is 314 g/mol. The van der Waals surface area contributed by atoms with E-state index >= 15 is 0 Å². The van der Waals surface area contributed by atoms with Gasteiger partial charge in [-0.2, -0.15) is 0 Å². The predicted molar refractivity (Wildman–Crippen MR) is 84.9 cm³/mol. The van der Waals surface area contributed by atoms with Crippen LogP contribution in [0.3, 0.4) is 0 Å². The van der Waals surface area contributed by atoms with E-state index in [-0.39, 0.29) is 29.3 Å².